The molecule has 3 rings (SSSR count). The second-order valence-electron chi connectivity index (χ2n) is 7.26. The van der Waals surface area contributed by atoms with E-state index in [0.717, 1.165) is 10.5 Å². The molecule has 0 heterocycles. The normalized spacial score (nSPS) is 11.2. The molecule has 0 saturated heterocycles. The van der Waals surface area contributed by atoms with Crippen molar-refractivity contribution < 1.29 is 33.0 Å². The highest BCUT2D eigenvalue weighted by Gasteiger charge is 2.54. The number of hydrogen-bond donors (Lipinski definition) is 0. The van der Waals surface area contributed by atoms with Gasteiger partial charge in [0.25, 0.3) is 0 Å². The van der Waals surface area contributed by atoms with Crippen molar-refractivity contribution in [2.45, 2.75) is 17.5 Å². The molecule has 0 bridgehead atoms. The fraction of sp³-hybridized carbons (Fsp3) is 0.240. The summed E-state index contributed by atoms with van der Waals surface area (Å²) in [5, 5.41) is 0. The van der Waals surface area contributed by atoms with Crippen molar-refractivity contribution in [2.75, 3.05) is 27.9 Å². The van der Waals surface area contributed by atoms with Gasteiger partial charge >= 0.3 is 20.1 Å². The van der Waals surface area contributed by atoms with E-state index in [1.54, 1.807) is 62.8 Å². The molecule has 1 unspecified atom stereocenters. The zero-order chi connectivity index (χ0) is 25.3. The van der Waals surface area contributed by atoms with Crippen LogP contribution in [0.15, 0.2) is 77.7 Å². The lowest BCUT2D eigenvalue weighted by molar-refractivity contribution is -0.151. The molecule has 184 valence electrons. The van der Waals surface area contributed by atoms with Gasteiger partial charge in [0.05, 0.1) is 21.3 Å². The fourth-order valence-electron chi connectivity index (χ4n) is 2.93. The largest absolute Gasteiger partial charge is 0.535 e. The number of esters is 1. The van der Waals surface area contributed by atoms with Crippen LogP contribution in [0, 0.1) is 6.92 Å². The summed E-state index contributed by atoms with van der Waals surface area (Å²) in [7, 11) is 3.24. The summed E-state index contributed by atoms with van der Waals surface area (Å²) in [6.07, 6.45) is 0. The van der Waals surface area contributed by atoms with Crippen LogP contribution >= 0.6 is 20.4 Å². The molecule has 1 atom stereocenters. The van der Waals surface area contributed by atoms with Gasteiger partial charge in [0, 0.05) is 4.90 Å². The van der Waals surface area contributed by atoms with E-state index in [1.165, 1.54) is 23.4 Å². The zero-order valence-electron chi connectivity index (χ0n) is 19.8. The molecule has 0 aromatic heterocycles. The maximum Gasteiger partial charge on any atom is 0.535 e. The van der Waals surface area contributed by atoms with Gasteiger partial charge in [-0.2, -0.15) is 0 Å². The van der Waals surface area contributed by atoms with Crippen molar-refractivity contribution in [1.29, 1.82) is 0 Å². The summed E-state index contributed by atoms with van der Waals surface area (Å²) in [4.78, 5) is 13.2. The van der Waals surface area contributed by atoms with Crippen LogP contribution in [-0.4, -0.2) is 43.8 Å². The predicted molar refractivity (Wildman–Crippen MR) is 135 cm³/mol. The fourth-order valence-corrected chi connectivity index (χ4v) is 4.55. The summed E-state index contributed by atoms with van der Waals surface area (Å²) >= 11 is 1.17. The van der Waals surface area contributed by atoms with Crippen LogP contribution in [0.5, 0.6) is 23.0 Å². The van der Waals surface area contributed by atoms with Crippen LogP contribution in [0.25, 0.3) is 0 Å². The minimum atomic E-state index is -1.88. The van der Waals surface area contributed by atoms with Crippen molar-refractivity contribution in [3.63, 3.8) is 0 Å². The van der Waals surface area contributed by atoms with Crippen molar-refractivity contribution in [1.82, 2.24) is 4.31 Å². The first kappa shape index (κ1) is 26.3. The molecule has 8 nitrogen and oxygen atoms in total. The minimum Gasteiger partial charge on any atom is -0.497 e. The zero-order valence-corrected chi connectivity index (χ0v) is 21.7. The van der Waals surface area contributed by atoms with Gasteiger partial charge in [-0.25, -0.2) is 0 Å². The summed E-state index contributed by atoms with van der Waals surface area (Å²) in [5.41, 5.74) is -0.804. The Bertz CT molecular complexity index is 1060. The Morgan fingerprint density at radius 1 is 0.800 bits per heavy atom. The van der Waals surface area contributed by atoms with E-state index in [0.29, 0.717) is 23.0 Å². The average Bonchev–Trinajstić information content (AvgIpc) is 2.89. The van der Waals surface area contributed by atoms with E-state index in [2.05, 4.69) is 0 Å². The van der Waals surface area contributed by atoms with Gasteiger partial charge < -0.3 is 23.7 Å². The van der Waals surface area contributed by atoms with Crippen molar-refractivity contribution in [3.05, 3.63) is 78.4 Å². The lowest BCUT2D eigenvalue weighted by atomic mass is 10.2. The van der Waals surface area contributed by atoms with E-state index < -0.39 is 20.1 Å². The average molecular weight is 517 g/mol. The first-order valence-electron chi connectivity index (χ1n) is 10.6. The van der Waals surface area contributed by atoms with Gasteiger partial charge in [-0.05, 0) is 79.5 Å². The number of carbonyl (C=O) groups excluding carboxylic acids is 1. The van der Waals surface area contributed by atoms with E-state index >= 15 is 0 Å². The number of hydrogen-bond acceptors (Lipinski definition) is 9. The van der Waals surface area contributed by atoms with Gasteiger partial charge in [-0.1, -0.05) is 22.3 Å². The molecular formula is C25H27NO7PS+. The summed E-state index contributed by atoms with van der Waals surface area (Å²) in [6.45, 7) is 1.71. The molecule has 0 aliphatic heterocycles. The predicted octanol–water partition coefficient (Wildman–Crippen LogP) is 5.29. The third-order valence-electron chi connectivity index (χ3n) is 4.83. The highest BCUT2D eigenvalue weighted by atomic mass is 32.2. The number of benzene rings is 3. The Kier molecular flexibility index (Phi) is 9.37. The maximum absolute atomic E-state index is 12.9. The SMILES string of the molecule is COC(=O)CN(Sc1ccc(C)cc1)C(Oc1ccc(OC)cc1)(Oc1ccc(OC)cc1)[PH+]=O. The quantitative estimate of drug-likeness (QED) is 0.138. The summed E-state index contributed by atoms with van der Waals surface area (Å²) < 4.78 is 42.1. The van der Waals surface area contributed by atoms with E-state index in [1.807, 2.05) is 31.2 Å². The van der Waals surface area contributed by atoms with Crippen molar-refractivity contribution >= 4 is 26.4 Å². The van der Waals surface area contributed by atoms with Crippen LogP contribution < -0.4 is 18.9 Å². The van der Waals surface area contributed by atoms with Gasteiger partial charge in [-0.3, -0.25) is 4.79 Å². The lowest BCUT2D eigenvalue weighted by Gasteiger charge is -2.31. The van der Waals surface area contributed by atoms with Gasteiger partial charge in [-0.15, -0.1) is 4.31 Å². The molecule has 0 spiro atoms. The van der Waals surface area contributed by atoms with Crippen LogP contribution in [-0.2, 0) is 14.1 Å². The number of rotatable bonds is 12. The van der Waals surface area contributed by atoms with E-state index in [-0.39, 0.29) is 6.54 Å². The van der Waals surface area contributed by atoms with Crippen LogP contribution in [0.3, 0.4) is 0 Å². The third-order valence-corrected chi connectivity index (χ3v) is 6.79. The second-order valence-corrected chi connectivity index (χ2v) is 9.19. The molecule has 0 saturated carbocycles. The topological polar surface area (TPSA) is 83.5 Å². The number of carbonyl (C=O) groups is 1. The molecule has 0 aliphatic rings. The molecule has 0 fully saturated rings. The van der Waals surface area contributed by atoms with Gasteiger partial charge in [0.2, 0.25) is 0 Å². The Labute approximate surface area is 210 Å². The smallest absolute Gasteiger partial charge is 0.497 e. The minimum absolute atomic E-state index is 0.267. The molecule has 0 amide bonds. The lowest BCUT2D eigenvalue weighted by Crippen LogP contribution is -2.52. The monoisotopic (exact) mass is 516 g/mol. The molecule has 35 heavy (non-hydrogen) atoms. The van der Waals surface area contributed by atoms with Crippen molar-refractivity contribution in [3.8, 4) is 23.0 Å². The highest BCUT2D eigenvalue weighted by Crippen LogP contribution is 2.41. The van der Waals surface area contributed by atoms with Crippen molar-refractivity contribution in [2.24, 2.45) is 0 Å². The van der Waals surface area contributed by atoms with Crippen LogP contribution in [0.1, 0.15) is 5.56 Å². The van der Waals surface area contributed by atoms with Crippen LogP contribution in [0.2, 0.25) is 0 Å². The molecule has 0 radical (unpaired) electrons. The van der Waals surface area contributed by atoms with Gasteiger partial charge in [0.1, 0.15) is 29.5 Å². The standard InChI is InChI=1S/C25H26NO7PS/c1-18-5-15-23(16-6-18)35-26(17-24(27)31-4)25(34-28,32-21-11-7-19(29-2)8-12-21)33-22-13-9-20(30-3)10-14-22/h5-16H,17H2,1-4H3/p+1. The summed E-state index contributed by atoms with van der Waals surface area (Å²) in [5.74, 6) is 1.43. The molecular weight excluding hydrogens is 489 g/mol. The molecule has 0 N–H and O–H groups in total. The molecule has 0 aliphatic carbocycles. The number of methoxy groups -OCH3 is 3. The highest BCUT2D eigenvalue weighted by molar-refractivity contribution is 7.97. The number of aryl methyl sites for hydroxylation is 1. The number of ether oxygens (including phenoxy) is 5. The third kappa shape index (κ3) is 7.11. The summed E-state index contributed by atoms with van der Waals surface area (Å²) in [6, 6.07) is 21.2. The first-order valence-corrected chi connectivity index (χ1v) is 12.2. The molecule has 3 aromatic rings. The Hall–Kier alpha value is -3.26. The Morgan fingerprint density at radius 2 is 1.26 bits per heavy atom. The Morgan fingerprint density at radius 3 is 1.66 bits per heavy atom. The Balaban J connectivity index is 2.05. The second kappa shape index (κ2) is 12.4. The van der Waals surface area contributed by atoms with Gasteiger partial charge in [0.15, 0.2) is 0 Å². The number of nitrogens with zero attached hydrogens (tertiary/aromatic N) is 1. The molecule has 10 heteroatoms. The van der Waals surface area contributed by atoms with E-state index in [9.17, 15) is 9.36 Å². The van der Waals surface area contributed by atoms with Crippen LogP contribution in [0.4, 0.5) is 0 Å². The maximum atomic E-state index is 12.9. The molecule has 3 aromatic carbocycles. The van der Waals surface area contributed by atoms with E-state index in [4.69, 9.17) is 23.7 Å². The first-order chi connectivity index (χ1) is 16.9.